The van der Waals surface area contributed by atoms with E-state index >= 15 is 0 Å². The standard InChI is InChI=1S/C16H26N2O/c1-6-9-17-15-8-7-13(4)10-14(15)16(19)18(5)11-12(2)3/h7-8,10,12,17H,6,9,11H2,1-5H3. The van der Waals surface area contributed by atoms with Gasteiger partial charge >= 0.3 is 0 Å². The molecule has 0 fully saturated rings. The zero-order chi connectivity index (χ0) is 14.4. The third-order valence-corrected chi connectivity index (χ3v) is 2.96. The fourth-order valence-electron chi connectivity index (χ4n) is 2.09. The van der Waals surface area contributed by atoms with Gasteiger partial charge in [0.25, 0.3) is 5.91 Å². The first kappa shape index (κ1) is 15.5. The highest BCUT2D eigenvalue weighted by atomic mass is 16.2. The summed E-state index contributed by atoms with van der Waals surface area (Å²) in [7, 11) is 1.87. The van der Waals surface area contributed by atoms with Gasteiger partial charge in [-0.2, -0.15) is 0 Å². The van der Waals surface area contributed by atoms with Crippen LogP contribution in [0.1, 0.15) is 43.1 Å². The molecular weight excluding hydrogens is 236 g/mol. The number of nitrogens with zero attached hydrogens (tertiary/aromatic N) is 1. The van der Waals surface area contributed by atoms with Crippen molar-refractivity contribution in [1.82, 2.24) is 4.90 Å². The van der Waals surface area contributed by atoms with E-state index in [1.807, 2.05) is 32.2 Å². The van der Waals surface area contributed by atoms with Crippen LogP contribution in [-0.4, -0.2) is 30.9 Å². The maximum Gasteiger partial charge on any atom is 0.255 e. The molecule has 19 heavy (non-hydrogen) atoms. The van der Waals surface area contributed by atoms with Gasteiger partial charge < -0.3 is 10.2 Å². The van der Waals surface area contributed by atoms with Gasteiger partial charge in [-0.25, -0.2) is 0 Å². The van der Waals surface area contributed by atoms with Crippen molar-refractivity contribution in [2.24, 2.45) is 5.92 Å². The summed E-state index contributed by atoms with van der Waals surface area (Å²) in [4.78, 5) is 14.3. The van der Waals surface area contributed by atoms with Gasteiger partial charge in [0.1, 0.15) is 0 Å². The van der Waals surface area contributed by atoms with Crippen LogP contribution >= 0.6 is 0 Å². The van der Waals surface area contributed by atoms with Gasteiger partial charge in [0.15, 0.2) is 0 Å². The van der Waals surface area contributed by atoms with Crippen LogP contribution in [0, 0.1) is 12.8 Å². The molecule has 0 aliphatic rings. The average molecular weight is 262 g/mol. The molecule has 1 aromatic rings. The number of anilines is 1. The number of hydrogen-bond donors (Lipinski definition) is 1. The Bertz CT molecular complexity index is 427. The molecule has 0 spiro atoms. The summed E-state index contributed by atoms with van der Waals surface area (Å²) < 4.78 is 0. The van der Waals surface area contributed by atoms with Crippen LogP contribution in [-0.2, 0) is 0 Å². The Hall–Kier alpha value is -1.51. The maximum atomic E-state index is 12.5. The van der Waals surface area contributed by atoms with Crippen molar-refractivity contribution in [3.8, 4) is 0 Å². The first-order valence-electron chi connectivity index (χ1n) is 7.05. The Morgan fingerprint density at radius 2 is 2.05 bits per heavy atom. The van der Waals surface area contributed by atoms with Crippen LogP contribution in [0.4, 0.5) is 5.69 Å². The molecule has 0 heterocycles. The minimum Gasteiger partial charge on any atom is -0.384 e. The zero-order valence-electron chi connectivity index (χ0n) is 12.8. The molecule has 3 heteroatoms. The molecule has 0 unspecified atom stereocenters. The number of carbonyl (C=O) groups excluding carboxylic acids is 1. The highest BCUT2D eigenvalue weighted by Gasteiger charge is 2.16. The van der Waals surface area contributed by atoms with E-state index in [0.29, 0.717) is 5.92 Å². The molecule has 1 N–H and O–H groups in total. The zero-order valence-corrected chi connectivity index (χ0v) is 12.8. The van der Waals surface area contributed by atoms with Crippen molar-refractivity contribution in [3.05, 3.63) is 29.3 Å². The third kappa shape index (κ3) is 4.58. The Kier molecular flexibility index (Phi) is 5.87. The summed E-state index contributed by atoms with van der Waals surface area (Å²) in [6, 6.07) is 6.01. The van der Waals surface area contributed by atoms with Crippen molar-refractivity contribution in [1.29, 1.82) is 0 Å². The molecule has 3 nitrogen and oxygen atoms in total. The predicted molar refractivity (Wildman–Crippen MR) is 81.8 cm³/mol. The SMILES string of the molecule is CCCNc1ccc(C)cc1C(=O)N(C)CC(C)C. The van der Waals surface area contributed by atoms with E-state index in [2.05, 4.69) is 26.1 Å². The van der Waals surface area contributed by atoms with Crippen molar-refractivity contribution in [2.45, 2.75) is 34.1 Å². The summed E-state index contributed by atoms with van der Waals surface area (Å²) in [5.74, 6) is 0.571. The molecule has 0 saturated heterocycles. The smallest absolute Gasteiger partial charge is 0.255 e. The molecule has 0 aliphatic carbocycles. The van der Waals surface area contributed by atoms with E-state index in [1.165, 1.54) is 0 Å². The summed E-state index contributed by atoms with van der Waals surface area (Å²) in [6.07, 6.45) is 1.04. The number of benzene rings is 1. The third-order valence-electron chi connectivity index (χ3n) is 2.96. The van der Waals surface area contributed by atoms with Gasteiger partial charge in [-0.1, -0.05) is 32.4 Å². The van der Waals surface area contributed by atoms with Crippen LogP contribution in [0.3, 0.4) is 0 Å². The molecule has 1 rings (SSSR count). The van der Waals surface area contributed by atoms with Gasteiger partial charge in [0, 0.05) is 25.8 Å². The molecule has 0 aromatic heterocycles. The number of rotatable bonds is 6. The van der Waals surface area contributed by atoms with Gasteiger partial charge in [0.05, 0.1) is 5.56 Å². The van der Waals surface area contributed by atoms with E-state index in [-0.39, 0.29) is 5.91 Å². The van der Waals surface area contributed by atoms with Crippen molar-refractivity contribution in [2.75, 3.05) is 25.5 Å². The van der Waals surface area contributed by atoms with Crippen LogP contribution in [0.2, 0.25) is 0 Å². The lowest BCUT2D eigenvalue weighted by molar-refractivity contribution is 0.0780. The molecule has 106 valence electrons. The maximum absolute atomic E-state index is 12.5. The Labute approximate surface area is 117 Å². The van der Waals surface area contributed by atoms with E-state index in [9.17, 15) is 4.79 Å². The summed E-state index contributed by atoms with van der Waals surface area (Å²) in [6.45, 7) is 10.0. The lowest BCUT2D eigenvalue weighted by Crippen LogP contribution is -2.31. The Morgan fingerprint density at radius 3 is 2.63 bits per heavy atom. The summed E-state index contributed by atoms with van der Waals surface area (Å²) in [5, 5.41) is 3.33. The first-order valence-corrected chi connectivity index (χ1v) is 7.05. The second kappa shape index (κ2) is 7.17. The molecule has 0 aliphatic heterocycles. The van der Waals surface area contributed by atoms with Gasteiger partial charge in [-0.15, -0.1) is 0 Å². The minimum absolute atomic E-state index is 0.0935. The molecule has 0 radical (unpaired) electrons. The molecule has 1 amide bonds. The normalized spacial score (nSPS) is 10.6. The number of amides is 1. The minimum atomic E-state index is 0.0935. The molecular formula is C16H26N2O. The number of hydrogen-bond acceptors (Lipinski definition) is 2. The Morgan fingerprint density at radius 1 is 1.37 bits per heavy atom. The van der Waals surface area contributed by atoms with Crippen LogP contribution in [0.5, 0.6) is 0 Å². The predicted octanol–water partition coefficient (Wildman–Crippen LogP) is 3.54. The topological polar surface area (TPSA) is 32.3 Å². The quantitative estimate of drug-likeness (QED) is 0.850. The first-order chi connectivity index (χ1) is 8.95. The fourth-order valence-corrected chi connectivity index (χ4v) is 2.09. The number of carbonyl (C=O) groups is 1. The second-order valence-electron chi connectivity index (χ2n) is 5.56. The molecule has 0 atom stereocenters. The van der Waals surface area contributed by atoms with Crippen LogP contribution in [0.25, 0.3) is 0 Å². The lowest BCUT2D eigenvalue weighted by Gasteiger charge is -2.21. The van der Waals surface area contributed by atoms with E-state index in [4.69, 9.17) is 0 Å². The highest BCUT2D eigenvalue weighted by Crippen LogP contribution is 2.19. The highest BCUT2D eigenvalue weighted by molar-refractivity contribution is 5.99. The molecule has 0 saturated carbocycles. The lowest BCUT2D eigenvalue weighted by atomic mass is 10.1. The monoisotopic (exact) mass is 262 g/mol. The summed E-state index contributed by atoms with van der Waals surface area (Å²) >= 11 is 0. The van der Waals surface area contributed by atoms with Crippen LogP contribution in [0.15, 0.2) is 18.2 Å². The van der Waals surface area contributed by atoms with E-state index < -0.39 is 0 Å². The second-order valence-corrected chi connectivity index (χ2v) is 5.56. The molecule has 1 aromatic carbocycles. The van der Waals surface area contributed by atoms with Gasteiger partial charge in [-0.3, -0.25) is 4.79 Å². The van der Waals surface area contributed by atoms with Crippen molar-refractivity contribution >= 4 is 11.6 Å². The number of aryl methyl sites for hydroxylation is 1. The molecule has 0 bridgehead atoms. The largest absolute Gasteiger partial charge is 0.384 e. The summed E-state index contributed by atoms with van der Waals surface area (Å²) in [5.41, 5.74) is 2.83. The van der Waals surface area contributed by atoms with Crippen LogP contribution < -0.4 is 5.32 Å². The fraction of sp³-hybridized carbons (Fsp3) is 0.562. The van der Waals surface area contributed by atoms with Crippen molar-refractivity contribution < 1.29 is 4.79 Å². The Balaban J connectivity index is 2.95. The van der Waals surface area contributed by atoms with E-state index in [0.717, 1.165) is 36.3 Å². The van der Waals surface area contributed by atoms with Gasteiger partial charge in [0.2, 0.25) is 0 Å². The number of nitrogens with one attached hydrogen (secondary N) is 1. The van der Waals surface area contributed by atoms with E-state index in [1.54, 1.807) is 4.90 Å². The average Bonchev–Trinajstić information content (AvgIpc) is 2.35. The van der Waals surface area contributed by atoms with Gasteiger partial charge in [-0.05, 0) is 31.4 Å². The van der Waals surface area contributed by atoms with Crippen molar-refractivity contribution in [3.63, 3.8) is 0 Å².